The van der Waals surface area contributed by atoms with Crippen molar-refractivity contribution in [3.63, 3.8) is 0 Å². The molecule has 1 rings (SSSR count). The van der Waals surface area contributed by atoms with Gasteiger partial charge in [0, 0.05) is 11.7 Å². The van der Waals surface area contributed by atoms with Crippen LogP contribution in [0, 0.1) is 12.8 Å². The van der Waals surface area contributed by atoms with Gasteiger partial charge in [-0.25, -0.2) is 0 Å². The summed E-state index contributed by atoms with van der Waals surface area (Å²) in [5.74, 6) is 0.793. The zero-order valence-electron chi connectivity index (χ0n) is 12.4. The first kappa shape index (κ1) is 15.2. The third kappa shape index (κ3) is 4.77. The Morgan fingerprint density at radius 1 is 1.17 bits per heavy atom. The molecule has 1 heterocycles. The van der Waals surface area contributed by atoms with Gasteiger partial charge < -0.3 is 5.32 Å². The number of rotatable bonds is 8. The molecule has 0 saturated carbocycles. The van der Waals surface area contributed by atoms with Crippen molar-refractivity contribution in [3.05, 3.63) is 29.6 Å². The average Bonchev–Trinajstić information content (AvgIpc) is 2.39. The quantitative estimate of drug-likeness (QED) is 0.743. The van der Waals surface area contributed by atoms with Crippen LogP contribution in [0.25, 0.3) is 0 Å². The normalized spacial score (nSPS) is 12.9. The second kappa shape index (κ2) is 8.25. The minimum absolute atomic E-state index is 0.412. The van der Waals surface area contributed by atoms with Crippen molar-refractivity contribution in [1.82, 2.24) is 10.3 Å². The molecule has 0 aromatic carbocycles. The van der Waals surface area contributed by atoms with Gasteiger partial charge in [0.05, 0.1) is 5.69 Å². The van der Waals surface area contributed by atoms with Gasteiger partial charge in [-0.3, -0.25) is 4.98 Å². The zero-order chi connectivity index (χ0) is 13.4. The lowest BCUT2D eigenvalue weighted by atomic mass is 9.93. The molecule has 0 radical (unpaired) electrons. The minimum Gasteiger partial charge on any atom is -0.309 e. The van der Waals surface area contributed by atoms with Gasteiger partial charge in [-0.1, -0.05) is 39.7 Å². The van der Waals surface area contributed by atoms with Crippen LogP contribution in [0.15, 0.2) is 18.2 Å². The van der Waals surface area contributed by atoms with E-state index in [1.165, 1.54) is 31.4 Å². The Morgan fingerprint density at radius 3 is 2.44 bits per heavy atom. The Morgan fingerprint density at radius 2 is 1.89 bits per heavy atom. The molecule has 0 saturated heterocycles. The highest BCUT2D eigenvalue weighted by Crippen LogP contribution is 2.24. The summed E-state index contributed by atoms with van der Waals surface area (Å²) in [4.78, 5) is 4.69. The fourth-order valence-corrected chi connectivity index (χ4v) is 2.34. The minimum atomic E-state index is 0.412. The zero-order valence-corrected chi connectivity index (χ0v) is 12.4. The van der Waals surface area contributed by atoms with Crippen molar-refractivity contribution < 1.29 is 0 Å². The molecule has 1 atom stereocenters. The standard InChI is InChI=1S/C16H28N2/c1-5-11-17-16(12-14(6-2)7-3)15-10-8-9-13(4)18-15/h8-10,14,16-17H,5-7,11-12H2,1-4H3. The van der Waals surface area contributed by atoms with Gasteiger partial charge in [-0.05, 0) is 44.4 Å². The molecule has 0 aliphatic carbocycles. The summed E-state index contributed by atoms with van der Waals surface area (Å²) in [6, 6.07) is 6.75. The van der Waals surface area contributed by atoms with Gasteiger partial charge in [0.15, 0.2) is 0 Å². The maximum atomic E-state index is 4.69. The maximum Gasteiger partial charge on any atom is 0.0576 e. The van der Waals surface area contributed by atoms with E-state index in [0.717, 1.165) is 18.2 Å². The van der Waals surface area contributed by atoms with Crippen molar-refractivity contribution in [2.75, 3.05) is 6.54 Å². The van der Waals surface area contributed by atoms with Crippen LogP contribution in [-0.4, -0.2) is 11.5 Å². The molecule has 18 heavy (non-hydrogen) atoms. The number of nitrogens with one attached hydrogen (secondary N) is 1. The SMILES string of the molecule is CCCNC(CC(CC)CC)c1cccc(C)n1. The fraction of sp³-hybridized carbons (Fsp3) is 0.688. The number of aromatic nitrogens is 1. The molecule has 0 fully saturated rings. The lowest BCUT2D eigenvalue weighted by Crippen LogP contribution is -2.25. The number of pyridine rings is 1. The predicted octanol–water partition coefficient (Wildman–Crippen LogP) is 4.26. The molecule has 0 aliphatic rings. The topological polar surface area (TPSA) is 24.9 Å². The predicted molar refractivity (Wildman–Crippen MR) is 78.7 cm³/mol. The summed E-state index contributed by atoms with van der Waals surface area (Å²) in [7, 11) is 0. The number of nitrogens with zero attached hydrogens (tertiary/aromatic N) is 1. The molecule has 0 amide bonds. The maximum absolute atomic E-state index is 4.69. The molecule has 1 aromatic rings. The fourth-order valence-electron chi connectivity index (χ4n) is 2.34. The monoisotopic (exact) mass is 248 g/mol. The Labute approximate surface area is 112 Å². The van der Waals surface area contributed by atoms with E-state index >= 15 is 0 Å². The Hall–Kier alpha value is -0.890. The largest absolute Gasteiger partial charge is 0.309 e. The van der Waals surface area contributed by atoms with Crippen molar-refractivity contribution >= 4 is 0 Å². The van der Waals surface area contributed by atoms with Gasteiger partial charge in [0.2, 0.25) is 0 Å². The second-order valence-electron chi connectivity index (χ2n) is 5.13. The molecular formula is C16H28N2. The van der Waals surface area contributed by atoms with Gasteiger partial charge in [0.25, 0.3) is 0 Å². The average molecular weight is 248 g/mol. The third-order valence-electron chi connectivity index (χ3n) is 3.63. The van der Waals surface area contributed by atoms with Crippen LogP contribution in [0.5, 0.6) is 0 Å². The van der Waals surface area contributed by atoms with E-state index in [4.69, 9.17) is 0 Å². The van der Waals surface area contributed by atoms with Crippen LogP contribution in [0.1, 0.15) is 63.9 Å². The van der Waals surface area contributed by atoms with Gasteiger partial charge in [-0.15, -0.1) is 0 Å². The van der Waals surface area contributed by atoms with Crippen molar-refractivity contribution in [1.29, 1.82) is 0 Å². The molecule has 0 bridgehead atoms. The molecule has 2 heteroatoms. The lowest BCUT2D eigenvalue weighted by molar-refractivity contribution is 0.366. The van der Waals surface area contributed by atoms with Crippen molar-refractivity contribution in [2.24, 2.45) is 5.92 Å². The molecule has 1 unspecified atom stereocenters. The summed E-state index contributed by atoms with van der Waals surface area (Å²) < 4.78 is 0. The molecule has 0 spiro atoms. The third-order valence-corrected chi connectivity index (χ3v) is 3.63. The van der Waals surface area contributed by atoms with Crippen LogP contribution in [0.2, 0.25) is 0 Å². The highest BCUT2D eigenvalue weighted by atomic mass is 14.9. The summed E-state index contributed by atoms with van der Waals surface area (Å²) in [5.41, 5.74) is 2.32. The van der Waals surface area contributed by atoms with Gasteiger partial charge in [-0.2, -0.15) is 0 Å². The van der Waals surface area contributed by atoms with Crippen LogP contribution in [0.4, 0.5) is 0 Å². The summed E-state index contributed by atoms with van der Waals surface area (Å²) in [5, 5.41) is 3.65. The van der Waals surface area contributed by atoms with Crippen LogP contribution in [0.3, 0.4) is 0 Å². The van der Waals surface area contributed by atoms with Crippen molar-refractivity contribution in [2.45, 2.75) is 59.4 Å². The van der Waals surface area contributed by atoms with E-state index in [-0.39, 0.29) is 0 Å². The molecule has 1 aromatic heterocycles. The number of hydrogen-bond donors (Lipinski definition) is 1. The van der Waals surface area contributed by atoms with Crippen LogP contribution in [-0.2, 0) is 0 Å². The van der Waals surface area contributed by atoms with E-state index < -0.39 is 0 Å². The first-order chi connectivity index (χ1) is 8.71. The van der Waals surface area contributed by atoms with Crippen LogP contribution < -0.4 is 5.32 Å². The Bertz CT molecular complexity index is 332. The second-order valence-corrected chi connectivity index (χ2v) is 5.13. The molecule has 102 valence electrons. The smallest absolute Gasteiger partial charge is 0.0576 e. The van der Waals surface area contributed by atoms with Crippen molar-refractivity contribution in [3.8, 4) is 0 Å². The molecule has 0 aliphatic heterocycles. The van der Waals surface area contributed by atoms with E-state index in [1.54, 1.807) is 0 Å². The van der Waals surface area contributed by atoms with E-state index in [2.05, 4.69) is 56.2 Å². The van der Waals surface area contributed by atoms with E-state index in [9.17, 15) is 0 Å². The summed E-state index contributed by atoms with van der Waals surface area (Å²) in [6.45, 7) is 9.92. The first-order valence-electron chi connectivity index (χ1n) is 7.38. The summed E-state index contributed by atoms with van der Waals surface area (Å²) in [6.07, 6.45) is 4.88. The Balaban J connectivity index is 2.76. The molecule has 2 nitrogen and oxygen atoms in total. The molecule has 1 N–H and O–H groups in total. The molecular weight excluding hydrogens is 220 g/mol. The van der Waals surface area contributed by atoms with E-state index in [0.29, 0.717) is 6.04 Å². The Kier molecular flexibility index (Phi) is 6.96. The highest BCUT2D eigenvalue weighted by molar-refractivity contribution is 5.13. The van der Waals surface area contributed by atoms with Crippen LogP contribution >= 0.6 is 0 Å². The summed E-state index contributed by atoms with van der Waals surface area (Å²) >= 11 is 0. The number of aryl methyl sites for hydroxylation is 1. The lowest BCUT2D eigenvalue weighted by Gasteiger charge is -2.23. The highest BCUT2D eigenvalue weighted by Gasteiger charge is 2.16. The van der Waals surface area contributed by atoms with Gasteiger partial charge >= 0.3 is 0 Å². The van der Waals surface area contributed by atoms with E-state index in [1.807, 2.05) is 0 Å². The van der Waals surface area contributed by atoms with Gasteiger partial charge in [0.1, 0.15) is 0 Å². The number of hydrogen-bond acceptors (Lipinski definition) is 2. The first-order valence-corrected chi connectivity index (χ1v) is 7.38.